The molecule has 184 valence electrons. The summed E-state index contributed by atoms with van der Waals surface area (Å²) in [6.07, 6.45) is 0. The van der Waals surface area contributed by atoms with Crippen LogP contribution in [0.25, 0.3) is 11.5 Å². The van der Waals surface area contributed by atoms with Crippen LogP contribution in [-0.4, -0.2) is 58.8 Å². The number of hydrogen-bond donors (Lipinski definition) is 1. The summed E-state index contributed by atoms with van der Waals surface area (Å²) in [6, 6.07) is 13.8. The van der Waals surface area contributed by atoms with Crippen LogP contribution < -0.4 is 10.2 Å². The Morgan fingerprint density at radius 1 is 1.03 bits per heavy atom. The second kappa shape index (κ2) is 10.5. The number of amides is 2. The van der Waals surface area contributed by atoms with Gasteiger partial charge in [0.25, 0.3) is 11.1 Å². The third-order valence-corrected chi connectivity index (χ3v) is 6.38. The van der Waals surface area contributed by atoms with Gasteiger partial charge in [-0.3, -0.25) is 9.59 Å². The molecule has 1 saturated heterocycles. The standard InChI is InChI=1S/C25H28FN5O3S/c1-25(2,3)23(33)31-14-12-30(13-15-31)18-10-8-17(9-11-18)27-21(32)16-35-24-29-28-22(34-24)19-6-4-5-7-20(19)26/h4-11H,12-16H2,1-3H3,(H,27,32). The highest BCUT2D eigenvalue weighted by atomic mass is 32.2. The summed E-state index contributed by atoms with van der Waals surface area (Å²) < 4.78 is 19.3. The van der Waals surface area contributed by atoms with E-state index in [0.717, 1.165) is 30.5 Å². The molecule has 2 aromatic carbocycles. The molecule has 0 saturated carbocycles. The molecule has 0 spiro atoms. The van der Waals surface area contributed by atoms with E-state index in [1.807, 2.05) is 49.9 Å². The number of hydrogen-bond acceptors (Lipinski definition) is 7. The molecule has 35 heavy (non-hydrogen) atoms. The smallest absolute Gasteiger partial charge is 0.277 e. The molecule has 0 bridgehead atoms. The lowest BCUT2D eigenvalue weighted by molar-refractivity contribution is -0.139. The lowest BCUT2D eigenvalue weighted by Gasteiger charge is -2.38. The van der Waals surface area contributed by atoms with Crippen molar-refractivity contribution in [3.8, 4) is 11.5 Å². The van der Waals surface area contributed by atoms with Crippen molar-refractivity contribution in [2.24, 2.45) is 5.41 Å². The van der Waals surface area contributed by atoms with E-state index in [2.05, 4.69) is 20.4 Å². The lowest BCUT2D eigenvalue weighted by atomic mass is 9.94. The monoisotopic (exact) mass is 497 g/mol. The maximum Gasteiger partial charge on any atom is 0.277 e. The van der Waals surface area contributed by atoms with Gasteiger partial charge in [-0.05, 0) is 36.4 Å². The van der Waals surface area contributed by atoms with E-state index in [9.17, 15) is 14.0 Å². The Hall–Kier alpha value is -3.40. The first-order chi connectivity index (χ1) is 16.7. The minimum atomic E-state index is -0.450. The molecular weight excluding hydrogens is 469 g/mol. The molecule has 0 aliphatic carbocycles. The van der Waals surface area contributed by atoms with E-state index in [1.165, 1.54) is 6.07 Å². The highest BCUT2D eigenvalue weighted by molar-refractivity contribution is 7.99. The number of piperazine rings is 1. The minimum absolute atomic E-state index is 0.0738. The van der Waals surface area contributed by atoms with Crippen LogP contribution in [-0.2, 0) is 9.59 Å². The van der Waals surface area contributed by atoms with Gasteiger partial charge in [0, 0.05) is 43.0 Å². The molecule has 0 atom stereocenters. The summed E-state index contributed by atoms with van der Waals surface area (Å²) in [5.74, 6) is -0.344. The van der Waals surface area contributed by atoms with Gasteiger partial charge < -0.3 is 19.5 Å². The third kappa shape index (κ3) is 6.19. The van der Waals surface area contributed by atoms with Crippen LogP contribution in [0.5, 0.6) is 0 Å². The van der Waals surface area contributed by atoms with Crippen molar-refractivity contribution in [3.05, 3.63) is 54.3 Å². The summed E-state index contributed by atoms with van der Waals surface area (Å²) in [7, 11) is 0. The van der Waals surface area contributed by atoms with Crippen molar-refractivity contribution in [1.82, 2.24) is 15.1 Å². The molecule has 1 aliphatic rings. The highest BCUT2D eigenvalue weighted by Gasteiger charge is 2.29. The largest absolute Gasteiger partial charge is 0.411 e. The fourth-order valence-corrected chi connectivity index (χ4v) is 4.30. The number of nitrogens with one attached hydrogen (secondary N) is 1. The summed E-state index contributed by atoms with van der Waals surface area (Å²) in [5.41, 5.74) is 1.58. The maximum atomic E-state index is 13.9. The van der Waals surface area contributed by atoms with Crippen molar-refractivity contribution < 1.29 is 18.4 Å². The van der Waals surface area contributed by atoms with Crippen LogP contribution in [0.2, 0.25) is 0 Å². The predicted octanol–water partition coefficient (Wildman–Crippen LogP) is 4.30. The van der Waals surface area contributed by atoms with Crippen molar-refractivity contribution in [2.45, 2.75) is 26.0 Å². The van der Waals surface area contributed by atoms with Crippen molar-refractivity contribution in [3.63, 3.8) is 0 Å². The molecule has 8 nitrogen and oxygen atoms in total. The number of halogens is 1. The van der Waals surface area contributed by atoms with E-state index in [0.29, 0.717) is 18.8 Å². The minimum Gasteiger partial charge on any atom is -0.411 e. The van der Waals surface area contributed by atoms with E-state index < -0.39 is 5.82 Å². The Bertz CT molecular complexity index is 1180. The van der Waals surface area contributed by atoms with Gasteiger partial charge in [-0.1, -0.05) is 44.7 Å². The second-order valence-corrected chi connectivity index (χ2v) is 10.2. The summed E-state index contributed by atoms with van der Waals surface area (Å²) in [6.45, 7) is 8.75. The average Bonchev–Trinajstić information content (AvgIpc) is 3.31. The first-order valence-corrected chi connectivity index (χ1v) is 12.3. The zero-order chi connectivity index (χ0) is 25.0. The van der Waals surface area contributed by atoms with Gasteiger partial charge >= 0.3 is 0 Å². The average molecular weight is 498 g/mol. The highest BCUT2D eigenvalue weighted by Crippen LogP contribution is 2.26. The number of thioether (sulfide) groups is 1. The Labute approximate surface area is 207 Å². The van der Waals surface area contributed by atoms with Crippen LogP contribution in [0.3, 0.4) is 0 Å². The Kier molecular flexibility index (Phi) is 7.39. The zero-order valence-electron chi connectivity index (χ0n) is 20.0. The summed E-state index contributed by atoms with van der Waals surface area (Å²) >= 11 is 1.08. The number of carbonyl (C=O) groups excluding carboxylic acids is 2. The van der Waals surface area contributed by atoms with Crippen molar-refractivity contribution in [1.29, 1.82) is 0 Å². The fourth-order valence-electron chi connectivity index (χ4n) is 3.73. The Balaban J connectivity index is 1.25. The number of carbonyl (C=O) groups is 2. The summed E-state index contributed by atoms with van der Waals surface area (Å²) in [5, 5.41) is 10.8. The SMILES string of the molecule is CC(C)(C)C(=O)N1CCN(c2ccc(NC(=O)CSc3nnc(-c4ccccc4F)o3)cc2)CC1. The van der Waals surface area contributed by atoms with Crippen LogP contribution in [0.1, 0.15) is 20.8 Å². The van der Waals surface area contributed by atoms with Crippen LogP contribution in [0.15, 0.2) is 58.2 Å². The van der Waals surface area contributed by atoms with E-state index in [1.54, 1.807) is 18.2 Å². The van der Waals surface area contributed by atoms with Crippen LogP contribution in [0.4, 0.5) is 15.8 Å². The quantitative estimate of drug-likeness (QED) is 0.508. The van der Waals surface area contributed by atoms with Gasteiger partial charge in [-0.15, -0.1) is 10.2 Å². The number of rotatable bonds is 6. The maximum absolute atomic E-state index is 13.9. The lowest BCUT2D eigenvalue weighted by Crippen LogP contribution is -2.51. The molecule has 4 rings (SSSR count). The van der Waals surface area contributed by atoms with Gasteiger partial charge in [-0.25, -0.2) is 4.39 Å². The normalized spacial score (nSPS) is 14.2. The third-order valence-electron chi connectivity index (χ3n) is 5.56. The van der Waals surface area contributed by atoms with Gasteiger partial charge in [0.15, 0.2) is 0 Å². The molecule has 3 aromatic rings. The Morgan fingerprint density at radius 2 is 1.71 bits per heavy atom. The van der Waals surface area contributed by atoms with Gasteiger partial charge in [0.1, 0.15) is 5.82 Å². The molecule has 2 heterocycles. The fraction of sp³-hybridized carbons (Fsp3) is 0.360. The first-order valence-electron chi connectivity index (χ1n) is 11.4. The zero-order valence-corrected chi connectivity index (χ0v) is 20.8. The first kappa shape index (κ1) is 24.7. The van der Waals surface area contributed by atoms with E-state index in [4.69, 9.17) is 4.42 Å². The molecule has 1 aliphatic heterocycles. The second-order valence-electron chi connectivity index (χ2n) is 9.27. The number of benzene rings is 2. The van der Waals surface area contributed by atoms with Gasteiger partial charge in [0.2, 0.25) is 11.8 Å². The van der Waals surface area contributed by atoms with Crippen molar-refractivity contribution in [2.75, 3.05) is 42.1 Å². The van der Waals surface area contributed by atoms with E-state index in [-0.39, 0.29) is 39.7 Å². The predicted molar refractivity (Wildman–Crippen MR) is 134 cm³/mol. The topological polar surface area (TPSA) is 91.6 Å². The van der Waals surface area contributed by atoms with Crippen molar-refractivity contribution >= 4 is 35.0 Å². The molecule has 1 N–H and O–H groups in total. The molecule has 0 unspecified atom stereocenters. The Morgan fingerprint density at radius 3 is 2.37 bits per heavy atom. The number of anilines is 2. The van der Waals surface area contributed by atoms with E-state index >= 15 is 0 Å². The summed E-state index contributed by atoms with van der Waals surface area (Å²) in [4.78, 5) is 29.0. The molecule has 1 aromatic heterocycles. The van der Waals surface area contributed by atoms with Gasteiger partial charge in [-0.2, -0.15) is 0 Å². The van der Waals surface area contributed by atoms with Gasteiger partial charge in [0.05, 0.1) is 11.3 Å². The number of nitrogens with zero attached hydrogens (tertiary/aromatic N) is 4. The number of aromatic nitrogens is 2. The van der Waals surface area contributed by atoms with Crippen LogP contribution >= 0.6 is 11.8 Å². The molecule has 1 fully saturated rings. The molecule has 10 heteroatoms. The van der Waals surface area contributed by atoms with Crippen LogP contribution in [0, 0.1) is 11.2 Å². The molecule has 0 radical (unpaired) electrons. The molecular formula is C25H28FN5O3S. The molecule has 2 amide bonds.